The van der Waals surface area contributed by atoms with Crippen LogP contribution in [-0.2, 0) is 39.6 Å². The molecule has 0 spiro atoms. The number of ether oxygens (including phenoxy) is 3. The van der Waals surface area contributed by atoms with Gasteiger partial charge in [-0.1, -0.05) is 75.4 Å². The van der Waals surface area contributed by atoms with Gasteiger partial charge < -0.3 is 34.5 Å². The molecular formula is C30H40KN2O9P. The van der Waals surface area contributed by atoms with Crippen molar-refractivity contribution in [2.75, 3.05) is 12.8 Å². The van der Waals surface area contributed by atoms with Gasteiger partial charge >= 0.3 is 63.4 Å². The van der Waals surface area contributed by atoms with Gasteiger partial charge in [-0.15, -0.1) is 0 Å². The minimum Gasteiger partial charge on any atom is -0.642 e. The molecule has 2 N–H and O–H groups in total. The van der Waals surface area contributed by atoms with E-state index in [1.807, 2.05) is 54.6 Å². The first-order chi connectivity index (χ1) is 19.7. The summed E-state index contributed by atoms with van der Waals surface area (Å²) < 4.78 is 28.3. The summed E-state index contributed by atoms with van der Waals surface area (Å²) in [6.45, 7) is 9.04. The molecule has 4 unspecified atom stereocenters. The third-order valence-corrected chi connectivity index (χ3v) is 8.58. The molecule has 2 rings (SSSR count). The number of nitrogens with one attached hydrogen (secondary N) is 1. The van der Waals surface area contributed by atoms with Crippen LogP contribution >= 0.6 is 7.37 Å². The minimum absolute atomic E-state index is 0. The maximum Gasteiger partial charge on any atom is 1.00 e. The van der Waals surface area contributed by atoms with Crippen LogP contribution in [0.4, 0.5) is 4.79 Å². The first-order valence-electron chi connectivity index (χ1n) is 13.8. The predicted molar refractivity (Wildman–Crippen MR) is 158 cm³/mol. The Balaban J connectivity index is 0.00000924. The van der Waals surface area contributed by atoms with E-state index < -0.39 is 67.4 Å². The van der Waals surface area contributed by atoms with E-state index in [9.17, 15) is 28.6 Å². The van der Waals surface area contributed by atoms with Crippen LogP contribution in [-0.4, -0.2) is 59.7 Å². The van der Waals surface area contributed by atoms with Crippen LogP contribution in [0.2, 0.25) is 0 Å². The second kappa shape index (κ2) is 18.7. The van der Waals surface area contributed by atoms with Gasteiger partial charge in [-0.2, -0.15) is 0 Å². The summed E-state index contributed by atoms with van der Waals surface area (Å²) in [7, 11) is -4.22. The molecule has 43 heavy (non-hydrogen) atoms. The molecule has 0 aliphatic carbocycles. The SMILES string of the molecule is CCOC(=O)C(C)[N-]C(=O)[C@H](Cc1ccc(-c2ccccc2)cc1)CP(=O)(O)C(C)NC(=O)OC(C)OC(=O)C(C)C.[K+]. The van der Waals surface area contributed by atoms with E-state index in [1.54, 1.807) is 20.8 Å². The quantitative estimate of drug-likeness (QED) is 0.136. The van der Waals surface area contributed by atoms with E-state index in [-0.39, 0.29) is 64.4 Å². The Morgan fingerprint density at radius 1 is 0.884 bits per heavy atom. The van der Waals surface area contributed by atoms with Crippen LogP contribution < -0.4 is 56.7 Å². The number of benzene rings is 2. The van der Waals surface area contributed by atoms with E-state index in [0.717, 1.165) is 11.1 Å². The van der Waals surface area contributed by atoms with Crippen LogP contribution in [0.3, 0.4) is 0 Å². The predicted octanol–water partition coefficient (Wildman–Crippen LogP) is 2.26. The number of esters is 2. The maximum absolute atomic E-state index is 13.4. The van der Waals surface area contributed by atoms with Crippen molar-refractivity contribution in [1.82, 2.24) is 5.32 Å². The van der Waals surface area contributed by atoms with Gasteiger partial charge in [0, 0.05) is 19.0 Å². The number of rotatable bonds is 14. The topological polar surface area (TPSA) is 159 Å². The molecule has 11 nitrogen and oxygen atoms in total. The molecule has 0 heterocycles. The van der Waals surface area contributed by atoms with Gasteiger partial charge in [-0.05, 0) is 43.0 Å². The van der Waals surface area contributed by atoms with Gasteiger partial charge in [0.1, 0.15) is 5.78 Å². The Hall–Kier alpha value is -2.05. The van der Waals surface area contributed by atoms with Crippen LogP contribution in [0.1, 0.15) is 47.1 Å². The molecule has 0 radical (unpaired) electrons. The van der Waals surface area contributed by atoms with Gasteiger partial charge in [0.2, 0.25) is 13.7 Å². The summed E-state index contributed by atoms with van der Waals surface area (Å²) in [4.78, 5) is 60.2. The molecule has 0 bridgehead atoms. The largest absolute Gasteiger partial charge is 1.00 e. The molecule has 0 aliphatic rings. The fraction of sp³-hybridized carbons (Fsp3) is 0.467. The van der Waals surface area contributed by atoms with E-state index in [4.69, 9.17) is 14.2 Å². The van der Waals surface area contributed by atoms with E-state index in [2.05, 4.69) is 10.6 Å². The zero-order valence-electron chi connectivity index (χ0n) is 25.8. The normalized spacial score (nSPS) is 15.0. The van der Waals surface area contributed by atoms with E-state index >= 15 is 0 Å². The summed E-state index contributed by atoms with van der Waals surface area (Å²) in [6.07, 6.45) is -2.75. The second-order valence-electron chi connectivity index (χ2n) is 10.2. The first-order valence-corrected chi connectivity index (χ1v) is 15.7. The fourth-order valence-electron chi connectivity index (χ4n) is 3.84. The molecule has 0 aliphatic heterocycles. The molecule has 2 amide bonds. The fourth-order valence-corrected chi connectivity index (χ4v) is 5.38. The second-order valence-corrected chi connectivity index (χ2v) is 12.8. The zero-order valence-corrected chi connectivity index (χ0v) is 29.8. The van der Waals surface area contributed by atoms with Crippen LogP contribution in [0.25, 0.3) is 16.4 Å². The Bertz CT molecular complexity index is 1260. The van der Waals surface area contributed by atoms with Gasteiger partial charge in [0.05, 0.1) is 18.4 Å². The molecule has 5 atom stereocenters. The molecule has 230 valence electrons. The summed E-state index contributed by atoms with van der Waals surface area (Å²) >= 11 is 0. The smallest absolute Gasteiger partial charge is 0.642 e. The van der Waals surface area contributed by atoms with E-state index in [1.165, 1.54) is 20.8 Å². The van der Waals surface area contributed by atoms with Crippen molar-refractivity contribution in [2.45, 2.75) is 66.1 Å². The monoisotopic (exact) mass is 642 g/mol. The number of nitrogens with zero attached hydrogens (tertiary/aromatic N) is 1. The van der Waals surface area contributed by atoms with Crippen molar-refractivity contribution < 1.29 is 94.2 Å². The minimum atomic E-state index is -4.22. The summed E-state index contributed by atoms with van der Waals surface area (Å²) in [6, 6.07) is 16.0. The third kappa shape index (κ3) is 13.2. The standard InChI is InChI=1S/C30H41N2O9P.K/c1-7-39-29(35)20(4)31-27(33)26(17-23-13-15-25(16-14-23)24-11-9-8-10-12-24)18-42(37,38)21(5)32-30(36)41-22(6)40-28(34)19(2)3;/h8-16,19-22,26H,7,17-18H2,1-6H3,(H3,31,32,33,36,37,38);/q;+1/p-1/t20?,21?,22?,26-;/m1./s1. The molecule has 2 aromatic carbocycles. The molecule has 2 aromatic rings. The molecular weight excluding hydrogens is 602 g/mol. The van der Waals surface area contributed by atoms with Crippen LogP contribution in [0, 0.1) is 11.8 Å². The van der Waals surface area contributed by atoms with Gasteiger partial charge in [0.15, 0.2) is 0 Å². The van der Waals surface area contributed by atoms with Crippen LogP contribution in [0.15, 0.2) is 54.6 Å². The van der Waals surface area contributed by atoms with E-state index in [0.29, 0.717) is 5.56 Å². The zero-order chi connectivity index (χ0) is 31.4. The Kier molecular flexibility index (Phi) is 16.9. The average Bonchev–Trinajstić information content (AvgIpc) is 2.93. The van der Waals surface area contributed by atoms with Gasteiger partial charge in [-0.25, -0.2) is 4.79 Å². The Labute approximate surface area is 295 Å². The van der Waals surface area contributed by atoms with Crippen molar-refractivity contribution in [3.63, 3.8) is 0 Å². The molecule has 0 saturated carbocycles. The van der Waals surface area contributed by atoms with Crippen molar-refractivity contribution in [1.29, 1.82) is 0 Å². The molecule has 0 aromatic heterocycles. The third-order valence-electron chi connectivity index (χ3n) is 6.28. The Morgan fingerprint density at radius 3 is 2.02 bits per heavy atom. The number of carbonyl (C=O) groups excluding carboxylic acids is 4. The molecule has 0 fully saturated rings. The first kappa shape index (κ1) is 39.0. The number of alkyl carbamates (subject to hydrolysis) is 1. The Morgan fingerprint density at radius 2 is 1.47 bits per heavy atom. The average molecular weight is 643 g/mol. The van der Waals surface area contributed by atoms with Crippen molar-refractivity contribution in [2.24, 2.45) is 11.8 Å². The van der Waals surface area contributed by atoms with Crippen LogP contribution in [0.5, 0.6) is 0 Å². The maximum atomic E-state index is 13.4. The van der Waals surface area contributed by atoms with Crippen molar-refractivity contribution in [3.05, 3.63) is 65.5 Å². The summed E-state index contributed by atoms with van der Waals surface area (Å²) in [5.41, 5.74) is 2.68. The number of carbonyl (C=O) groups is 4. The van der Waals surface area contributed by atoms with Crippen molar-refractivity contribution >= 4 is 31.3 Å². The van der Waals surface area contributed by atoms with Gasteiger partial charge in [-0.3, -0.25) is 14.2 Å². The number of hydrogen-bond donors (Lipinski definition) is 2. The summed E-state index contributed by atoms with van der Waals surface area (Å²) in [5, 5.41) is 6.22. The van der Waals surface area contributed by atoms with Gasteiger partial charge in [0.25, 0.3) is 5.97 Å². The number of amides is 2. The summed E-state index contributed by atoms with van der Waals surface area (Å²) in [5.74, 6) is -4.82. The molecule has 0 saturated heterocycles. The van der Waals surface area contributed by atoms with Crippen molar-refractivity contribution in [3.8, 4) is 11.1 Å². The number of hydrogen-bond acceptors (Lipinski definition) is 8. The molecule has 13 heteroatoms.